The van der Waals surface area contributed by atoms with Crippen molar-refractivity contribution in [2.75, 3.05) is 13.1 Å². The fourth-order valence-electron chi connectivity index (χ4n) is 1.21. The molecule has 0 spiro atoms. The Bertz CT molecular complexity index is 424. The molecule has 1 rings (SSSR count). The molecule has 0 amide bonds. The van der Waals surface area contributed by atoms with Crippen molar-refractivity contribution in [3.8, 4) is 12.3 Å². The number of halogens is 2. The number of carbonyl (C=O) groups excluding carboxylic acids is 1. The van der Waals surface area contributed by atoms with Gasteiger partial charge < -0.3 is 0 Å². The Balaban J connectivity index is 2.53. The molecule has 0 unspecified atom stereocenters. The van der Waals surface area contributed by atoms with Crippen molar-refractivity contribution in [1.82, 2.24) is 5.32 Å². The largest absolute Gasteiger partial charge is 0.299 e. The third-order valence-electron chi connectivity index (χ3n) is 1.95. The van der Waals surface area contributed by atoms with Gasteiger partial charge in [-0.15, -0.1) is 6.42 Å². The minimum absolute atomic E-state index is 0.0412. The number of ketones is 1. The molecule has 0 aliphatic heterocycles. The molecule has 0 fully saturated rings. The zero-order valence-electron chi connectivity index (χ0n) is 8.59. The second-order valence-corrected chi connectivity index (χ2v) is 4.10. The maximum absolute atomic E-state index is 11.5. The van der Waals surface area contributed by atoms with Crippen molar-refractivity contribution >= 4 is 29.0 Å². The van der Waals surface area contributed by atoms with Gasteiger partial charge in [0.25, 0.3) is 0 Å². The molecule has 84 valence electrons. The number of nitrogens with one attached hydrogen (secondary N) is 1. The summed E-state index contributed by atoms with van der Waals surface area (Å²) in [6.07, 6.45) is 5.33. The highest BCUT2D eigenvalue weighted by Crippen LogP contribution is 2.21. The summed E-state index contributed by atoms with van der Waals surface area (Å²) < 4.78 is 0. The van der Waals surface area contributed by atoms with E-state index >= 15 is 0 Å². The van der Waals surface area contributed by atoms with Gasteiger partial charge in [0.2, 0.25) is 0 Å². The van der Waals surface area contributed by atoms with Crippen LogP contribution in [-0.4, -0.2) is 18.9 Å². The molecule has 0 aromatic heterocycles. The van der Waals surface area contributed by atoms with E-state index in [9.17, 15) is 4.79 Å². The third-order valence-corrected chi connectivity index (χ3v) is 2.54. The van der Waals surface area contributed by atoms with Gasteiger partial charge in [-0.2, -0.15) is 0 Å². The van der Waals surface area contributed by atoms with E-state index in [1.807, 2.05) is 0 Å². The molecule has 0 saturated carbocycles. The van der Waals surface area contributed by atoms with Crippen LogP contribution < -0.4 is 5.32 Å². The Labute approximate surface area is 105 Å². The lowest BCUT2D eigenvalue weighted by molar-refractivity contribution is -0.117. The van der Waals surface area contributed by atoms with Crippen LogP contribution in [0.2, 0.25) is 10.0 Å². The van der Waals surface area contributed by atoms with Gasteiger partial charge in [-0.1, -0.05) is 35.2 Å². The quantitative estimate of drug-likeness (QED) is 0.647. The highest BCUT2D eigenvalue weighted by molar-refractivity contribution is 6.35. The van der Waals surface area contributed by atoms with Crippen molar-refractivity contribution in [3.05, 3.63) is 33.8 Å². The van der Waals surface area contributed by atoms with E-state index < -0.39 is 0 Å². The third kappa shape index (κ3) is 4.24. The van der Waals surface area contributed by atoms with Gasteiger partial charge >= 0.3 is 0 Å². The fourth-order valence-corrected chi connectivity index (χ4v) is 1.69. The normalized spacial score (nSPS) is 9.81. The maximum atomic E-state index is 11.5. The SMILES string of the molecule is C#CCNCC(=O)Cc1ccc(Cl)cc1Cl. The molecule has 1 N–H and O–H groups in total. The summed E-state index contributed by atoms with van der Waals surface area (Å²) >= 11 is 11.7. The van der Waals surface area contributed by atoms with Crippen LogP contribution in [0.3, 0.4) is 0 Å². The van der Waals surface area contributed by atoms with Gasteiger partial charge in [0.15, 0.2) is 5.78 Å². The number of Topliss-reactive ketones (excluding diaryl/α,β-unsaturated/α-hetero) is 1. The summed E-state index contributed by atoms with van der Waals surface area (Å²) in [6.45, 7) is 0.642. The van der Waals surface area contributed by atoms with Crippen molar-refractivity contribution < 1.29 is 4.79 Å². The van der Waals surface area contributed by atoms with E-state index in [2.05, 4.69) is 11.2 Å². The highest BCUT2D eigenvalue weighted by Gasteiger charge is 2.07. The zero-order valence-corrected chi connectivity index (χ0v) is 10.1. The van der Waals surface area contributed by atoms with Crippen molar-refractivity contribution in [3.63, 3.8) is 0 Å². The highest BCUT2D eigenvalue weighted by atomic mass is 35.5. The van der Waals surface area contributed by atoms with Crippen LogP contribution in [0.1, 0.15) is 5.56 Å². The Morgan fingerprint density at radius 1 is 1.44 bits per heavy atom. The molecule has 4 heteroatoms. The van der Waals surface area contributed by atoms with E-state index in [0.29, 0.717) is 16.6 Å². The number of carbonyl (C=O) groups is 1. The van der Waals surface area contributed by atoms with Crippen LogP contribution in [-0.2, 0) is 11.2 Å². The average Bonchev–Trinajstić information content (AvgIpc) is 2.23. The molecule has 16 heavy (non-hydrogen) atoms. The predicted octanol–water partition coefficient (Wildman–Crippen LogP) is 2.33. The number of hydrogen-bond donors (Lipinski definition) is 1. The minimum atomic E-state index is 0.0412. The Hall–Kier alpha value is -1.01. The molecule has 0 aliphatic carbocycles. The number of terminal acetylenes is 1. The fraction of sp³-hybridized carbons (Fsp3) is 0.250. The molecule has 0 bridgehead atoms. The number of hydrogen-bond acceptors (Lipinski definition) is 2. The molecule has 0 aliphatic rings. The van der Waals surface area contributed by atoms with E-state index in [4.69, 9.17) is 29.6 Å². The summed E-state index contributed by atoms with van der Waals surface area (Å²) in [4.78, 5) is 11.5. The molecular weight excluding hydrogens is 245 g/mol. The molecule has 0 radical (unpaired) electrons. The van der Waals surface area contributed by atoms with Gasteiger partial charge in [0.1, 0.15) is 0 Å². The molecule has 0 saturated heterocycles. The molecule has 1 aromatic carbocycles. The van der Waals surface area contributed by atoms with E-state index in [0.717, 1.165) is 5.56 Å². The molecule has 1 aromatic rings. The van der Waals surface area contributed by atoms with Crippen LogP contribution in [0.4, 0.5) is 0 Å². The van der Waals surface area contributed by atoms with E-state index in [1.54, 1.807) is 18.2 Å². The van der Waals surface area contributed by atoms with E-state index in [-0.39, 0.29) is 18.7 Å². The first-order valence-corrected chi connectivity index (χ1v) is 5.49. The van der Waals surface area contributed by atoms with Gasteiger partial charge in [0.05, 0.1) is 13.1 Å². The predicted molar refractivity (Wildman–Crippen MR) is 66.9 cm³/mol. The zero-order chi connectivity index (χ0) is 12.0. The Morgan fingerprint density at radius 2 is 2.19 bits per heavy atom. The monoisotopic (exact) mass is 255 g/mol. The van der Waals surface area contributed by atoms with Gasteiger partial charge in [-0.3, -0.25) is 10.1 Å². The lowest BCUT2D eigenvalue weighted by Gasteiger charge is -2.04. The van der Waals surface area contributed by atoms with Crippen LogP contribution in [0.15, 0.2) is 18.2 Å². The van der Waals surface area contributed by atoms with Crippen LogP contribution in [0.25, 0.3) is 0 Å². The standard InChI is InChI=1S/C12H11Cl2NO/c1-2-5-15-8-11(16)6-9-3-4-10(13)7-12(9)14/h1,3-4,7,15H,5-6,8H2. The van der Waals surface area contributed by atoms with Gasteiger partial charge in [-0.05, 0) is 17.7 Å². The van der Waals surface area contributed by atoms with Crippen LogP contribution in [0, 0.1) is 12.3 Å². The summed E-state index contributed by atoms with van der Waals surface area (Å²) in [5.74, 6) is 2.44. The first kappa shape index (κ1) is 13.1. The number of rotatable bonds is 5. The van der Waals surface area contributed by atoms with E-state index in [1.165, 1.54) is 0 Å². The smallest absolute Gasteiger partial charge is 0.151 e. The molecule has 0 heterocycles. The lowest BCUT2D eigenvalue weighted by Crippen LogP contribution is -2.24. The summed E-state index contributed by atoms with van der Waals surface area (Å²) in [7, 11) is 0. The minimum Gasteiger partial charge on any atom is -0.299 e. The molecular formula is C12H11Cl2NO. The maximum Gasteiger partial charge on any atom is 0.151 e. The van der Waals surface area contributed by atoms with Crippen LogP contribution >= 0.6 is 23.2 Å². The second kappa shape index (κ2) is 6.55. The summed E-state index contributed by atoms with van der Waals surface area (Å²) in [5, 5.41) is 3.90. The molecule has 0 atom stereocenters. The lowest BCUT2D eigenvalue weighted by atomic mass is 10.1. The first-order valence-electron chi connectivity index (χ1n) is 4.73. The first-order chi connectivity index (χ1) is 7.63. The Kier molecular flexibility index (Phi) is 5.34. The topological polar surface area (TPSA) is 29.1 Å². The van der Waals surface area contributed by atoms with Gasteiger partial charge in [-0.25, -0.2) is 0 Å². The molecule has 2 nitrogen and oxygen atoms in total. The van der Waals surface area contributed by atoms with Crippen molar-refractivity contribution in [2.24, 2.45) is 0 Å². The second-order valence-electron chi connectivity index (χ2n) is 3.26. The summed E-state index contributed by atoms with van der Waals surface area (Å²) in [5.41, 5.74) is 0.776. The number of benzene rings is 1. The van der Waals surface area contributed by atoms with Crippen LogP contribution in [0.5, 0.6) is 0 Å². The van der Waals surface area contributed by atoms with Gasteiger partial charge in [0, 0.05) is 16.5 Å². The van der Waals surface area contributed by atoms with Crippen molar-refractivity contribution in [1.29, 1.82) is 0 Å². The van der Waals surface area contributed by atoms with Crippen molar-refractivity contribution in [2.45, 2.75) is 6.42 Å². The Morgan fingerprint density at radius 3 is 2.81 bits per heavy atom. The summed E-state index contributed by atoms with van der Waals surface area (Å²) in [6, 6.07) is 5.09. The average molecular weight is 256 g/mol.